The minimum absolute atomic E-state index is 0.223. The van der Waals surface area contributed by atoms with Gasteiger partial charge in [-0.3, -0.25) is 4.79 Å². The molecule has 0 bridgehead atoms. The molecular weight excluding hydrogens is 307 g/mol. The summed E-state index contributed by atoms with van der Waals surface area (Å²) in [7, 11) is 0. The average Bonchev–Trinajstić information content (AvgIpc) is 2.62. The Labute approximate surface area is 141 Å². The maximum atomic E-state index is 14.6. The van der Waals surface area contributed by atoms with Crippen LogP contribution in [-0.4, -0.2) is 19.1 Å². The van der Waals surface area contributed by atoms with Crippen molar-refractivity contribution in [2.24, 2.45) is 0 Å². The van der Waals surface area contributed by atoms with Crippen molar-refractivity contribution in [1.29, 1.82) is 0 Å². The van der Waals surface area contributed by atoms with Gasteiger partial charge in [0.25, 0.3) is 5.91 Å². The Morgan fingerprint density at radius 3 is 3.04 bits per heavy atom. The van der Waals surface area contributed by atoms with Gasteiger partial charge in [-0.1, -0.05) is 19.1 Å². The first kappa shape index (κ1) is 16.5. The summed E-state index contributed by atoms with van der Waals surface area (Å²) < 4.78 is 20.1. The first-order valence-electron chi connectivity index (χ1n) is 8.24. The molecule has 0 saturated heterocycles. The van der Waals surface area contributed by atoms with Gasteiger partial charge in [-0.15, -0.1) is 0 Å². The van der Waals surface area contributed by atoms with Gasteiger partial charge >= 0.3 is 0 Å². The smallest absolute Gasteiger partial charge is 0.255 e. The largest absolute Gasteiger partial charge is 0.494 e. The van der Waals surface area contributed by atoms with Crippen LogP contribution in [0.25, 0.3) is 0 Å². The number of fused-ring (bicyclic) bond motifs is 1. The van der Waals surface area contributed by atoms with Crippen LogP contribution < -0.4 is 15.4 Å². The Bertz CT molecular complexity index is 746. The van der Waals surface area contributed by atoms with Crippen LogP contribution in [0.15, 0.2) is 36.4 Å². The van der Waals surface area contributed by atoms with Crippen molar-refractivity contribution in [3.63, 3.8) is 0 Å². The second-order valence-electron chi connectivity index (χ2n) is 5.82. The third-order valence-electron chi connectivity index (χ3n) is 4.02. The third-order valence-corrected chi connectivity index (χ3v) is 4.02. The van der Waals surface area contributed by atoms with E-state index in [0.29, 0.717) is 36.4 Å². The summed E-state index contributed by atoms with van der Waals surface area (Å²) in [6.45, 7) is 4.03. The minimum atomic E-state index is -0.343. The molecule has 0 saturated carbocycles. The molecule has 1 heterocycles. The van der Waals surface area contributed by atoms with Gasteiger partial charge < -0.3 is 15.4 Å². The van der Waals surface area contributed by atoms with E-state index in [9.17, 15) is 9.18 Å². The molecule has 0 radical (unpaired) electrons. The first-order valence-corrected chi connectivity index (χ1v) is 8.24. The van der Waals surface area contributed by atoms with E-state index in [4.69, 9.17) is 4.74 Å². The van der Waals surface area contributed by atoms with Crippen molar-refractivity contribution in [3.05, 3.63) is 58.9 Å². The van der Waals surface area contributed by atoms with E-state index in [-0.39, 0.29) is 17.4 Å². The summed E-state index contributed by atoms with van der Waals surface area (Å²) in [5, 5.41) is 5.88. The molecule has 1 amide bonds. The summed E-state index contributed by atoms with van der Waals surface area (Å²) in [5.74, 6) is -0.0352. The molecule has 2 aromatic rings. The lowest BCUT2D eigenvalue weighted by Crippen LogP contribution is -2.25. The van der Waals surface area contributed by atoms with E-state index in [1.807, 2.05) is 13.0 Å². The molecular formula is C19H21FN2O2. The highest BCUT2D eigenvalue weighted by molar-refractivity contribution is 6.04. The van der Waals surface area contributed by atoms with Gasteiger partial charge in [0.15, 0.2) is 0 Å². The zero-order chi connectivity index (χ0) is 16.9. The van der Waals surface area contributed by atoms with Crippen LogP contribution in [0, 0.1) is 5.82 Å². The van der Waals surface area contributed by atoms with Crippen molar-refractivity contribution in [2.75, 3.05) is 18.5 Å². The molecule has 0 spiro atoms. The van der Waals surface area contributed by atoms with Gasteiger partial charge in [0.2, 0.25) is 0 Å². The van der Waals surface area contributed by atoms with Gasteiger partial charge in [0, 0.05) is 12.1 Å². The lowest BCUT2D eigenvalue weighted by atomic mass is 9.99. The second-order valence-corrected chi connectivity index (χ2v) is 5.82. The molecule has 2 N–H and O–H groups in total. The predicted octanol–water partition coefficient (Wildman–Crippen LogP) is 3.51. The molecule has 1 aliphatic heterocycles. The zero-order valence-corrected chi connectivity index (χ0v) is 13.7. The highest BCUT2D eigenvalue weighted by atomic mass is 19.1. The highest BCUT2D eigenvalue weighted by Gasteiger charge is 2.18. The lowest BCUT2D eigenvalue weighted by molar-refractivity contribution is 0.102. The summed E-state index contributed by atoms with van der Waals surface area (Å²) in [4.78, 5) is 12.4. The number of hydrogen-bond acceptors (Lipinski definition) is 3. The molecule has 5 heteroatoms. The van der Waals surface area contributed by atoms with E-state index < -0.39 is 0 Å². The molecule has 2 aromatic carbocycles. The Morgan fingerprint density at radius 2 is 2.21 bits per heavy atom. The molecule has 3 rings (SSSR count). The van der Waals surface area contributed by atoms with E-state index in [1.165, 1.54) is 0 Å². The van der Waals surface area contributed by atoms with Crippen LogP contribution in [0.1, 0.15) is 34.8 Å². The van der Waals surface area contributed by atoms with E-state index in [2.05, 4.69) is 10.6 Å². The number of benzene rings is 2. The predicted molar refractivity (Wildman–Crippen MR) is 92.0 cm³/mol. The number of halogens is 1. The maximum absolute atomic E-state index is 14.6. The van der Waals surface area contributed by atoms with Crippen molar-refractivity contribution >= 4 is 11.6 Å². The Morgan fingerprint density at radius 1 is 1.33 bits per heavy atom. The topological polar surface area (TPSA) is 50.4 Å². The number of rotatable bonds is 5. The first-order chi connectivity index (χ1) is 11.7. The summed E-state index contributed by atoms with van der Waals surface area (Å²) in [6, 6.07) is 10.4. The summed E-state index contributed by atoms with van der Waals surface area (Å²) >= 11 is 0. The second kappa shape index (κ2) is 7.45. The fourth-order valence-corrected chi connectivity index (χ4v) is 2.77. The molecule has 4 nitrogen and oxygen atoms in total. The van der Waals surface area contributed by atoms with E-state index in [1.54, 1.807) is 30.3 Å². The van der Waals surface area contributed by atoms with Crippen LogP contribution in [0.5, 0.6) is 5.75 Å². The zero-order valence-electron chi connectivity index (χ0n) is 13.7. The number of nitrogens with one attached hydrogen (secondary N) is 2. The van der Waals surface area contributed by atoms with Crippen LogP contribution in [0.2, 0.25) is 0 Å². The fraction of sp³-hybridized carbons (Fsp3) is 0.316. The third kappa shape index (κ3) is 3.57. The number of carbonyl (C=O) groups excluding carboxylic acids is 1. The van der Waals surface area contributed by atoms with Crippen molar-refractivity contribution < 1.29 is 13.9 Å². The molecule has 1 aliphatic rings. The molecule has 0 fully saturated rings. The molecule has 0 aromatic heterocycles. The molecule has 0 atom stereocenters. The maximum Gasteiger partial charge on any atom is 0.255 e. The minimum Gasteiger partial charge on any atom is -0.494 e. The SMILES string of the molecule is CCCOc1cccc(C(=O)Nc2ccc3c(c2F)CCNC3)c1. The van der Waals surface area contributed by atoms with Gasteiger partial charge in [-0.2, -0.15) is 0 Å². The van der Waals surface area contributed by atoms with Crippen LogP contribution in [-0.2, 0) is 13.0 Å². The van der Waals surface area contributed by atoms with Crippen molar-refractivity contribution in [3.8, 4) is 5.75 Å². The summed E-state index contributed by atoms with van der Waals surface area (Å²) in [5.41, 5.74) is 2.31. The molecule has 126 valence electrons. The van der Waals surface area contributed by atoms with Crippen LogP contribution >= 0.6 is 0 Å². The van der Waals surface area contributed by atoms with Gasteiger partial charge in [0.05, 0.1) is 12.3 Å². The number of anilines is 1. The number of hydrogen-bond donors (Lipinski definition) is 2. The lowest BCUT2D eigenvalue weighted by Gasteiger charge is -2.19. The monoisotopic (exact) mass is 328 g/mol. The molecule has 0 aliphatic carbocycles. The fourth-order valence-electron chi connectivity index (χ4n) is 2.77. The standard InChI is InChI=1S/C19H21FN2O2/c1-2-10-24-15-5-3-4-13(11-15)19(23)22-17-7-6-14-12-21-9-8-16(14)18(17)20/h3-7,11,21H,2,8-10,12H2,1H3,(H,22,23). The Kier molecular flexibility index (Phi) is 5.11. The number of amides is 1. The van der Waals surface area contributed by atoms with Crippen LogP contribution in [0.3, 0.4) is 0 Å². The number of carbonyl (C=O) groups is 1. The number of ether oxygens (including phenoxy) is 1. The van der Waals surface area contributed by atoms with Gasteiger partial charge in [-0.05, 0) is 54.8 Å². The quantitative estimate of drug-likeness (QED) is 0.883. The molecule has 24 heavy (non-hydrogen) atoms. The van der Waals surface area contributed by atoms with Gasteiger partial charge in [0.1, 0.15) is 11.6 Å². The van der Waals surface area contributed by atoms with Crippen molar-refractivity contribution in [1.82, 2.24) is 5.32 Å². The summed E-state index contributed by atoms with van der Waals surface area (Å²) in [6.07, 6.45) is 1.52. The van der Waals surface area contributed by atoms with E-state index >= 15 is 0 Å². The molecule has 0 unspecified atom stereocenters. The normalized spacial score (nSPS) is 13.2. The van der Waals surface area contributed by atoms with Crippen molar-refractivity contribution in [2.45, 2.75) is 26.3 Å². The van der Waals surface area contributed by atoms with E-state index in [0.717, 1.165) is 18.5 Å². The van der Waals surface area contributed by atoms with Gasteiger partial charge in [-0.25, -0.2) is 4.39 Å². The Balaban J connectivity index is 1.77. The Hall–Kier alpha value is -2.40. The average molecular weight is 328 g/mol. The van der Waals surface area contributed by atoms with Crippen LogP contribution in [0.4, 0.5) is 10.1 Å². The highest BCUT2D eigenvalue weighted by Crippen LogP contribution is 2.25.